The molecule has 1 unspecified atom stereocenters. The summed E-state index contributed by atoms with van der Waals surface area (Å²) in [7, 11) is 0. The van der Waals surface area contributed by atoms with E-state index in [1.807, 2.05) is 18.2 Å². The number of hydrogen-bond donors (Lipinski definition) is 1. The highest BCUT2D eigenvalue weighted by Crippen LogP contribution is 2.50. The molecule has 0 saturated heterocycles. The Hall–Kier alpha value is -1.46. The van der Waals surface area contributed by atoms with Crippen molar-refractivity contribution in [1.82, 2.24) is 0 Å². The van der Waals surface area contributed by atoms with Crippen molar-refractivity contribution >= 4 is 33.5 Å². The van der Waals surface area contributed by atoms with Crippen LogP contribution in [0, 0.1) is 0 Å². The maximum atomic E-state index is 11.3. The van der Waals surface area contributed by atoms with Crippen LogP contribution >= 0.6 is 27.5 Å². The van der Waals surface area contributed by atoms with E-state index in [9.17, 15) is 9.90 Å². The summed E-state index contributed by atoms with van der Waals surface area (Å²) in [5.41, 5.74) is 0.718. The topological polar surface area (TPSA) is 55.8 Å². The number of rotatable bonds is 3. The Balaban J connectivity index is 2.04. The van der Waals surface area contributed by atoms with Gasteiger partial charge in [-0.3, -0.25) is 4.79 Å². The van der Waals surface area contributed by atoms with E-state index in [1.165, 1.54) is 0 Å². The van der Waals surface area contributed by atoms with Crippen LogP contribution in [0.2, 0.25) is 5.02 Å². The number of carboxylic acids is 1. The number of allylic oxidation sites excluding steroid dienone is 2. The van der Waals surface area contributed by atoms with E-state index in [0.29, 0.717) is 21.0 Å². The van der Waals surface area contributed by atoms with Crippen LogP contribution in [0.3, 0.4) is 0 Å². The number of benzene rings is 1. The average molecular weight is 372 g/mol. The molecular formula is C15H12BrClO4. The first-order chi connectivity index (χ1) is 10.0. The Kier molecular flexibility index (Phi) is 3.71. The Labute approximate surface area is 135 Å². The molecule has 0 bridgehead atoms. The summed E-state index contributed by atoms with van der Waals surface area (Å²) >= 11 is 9.40. The molecule has 1 aliphatic carbocycles. The maximum Gasteiger partial charge on any atom is 0.311 e. The zero-order valence-corrected chi connectivity index (χ0v) is 13.3. The second-order valence-corrected chi connectivity index (χ2v) is 6.06. The van der Waals surface area contributed by atoms with Crippen LogP contribution in [-0.2, 0) is 4.79 Å². The zero-order valence-electron chi connectivity index (χ0n) is 10.9. The van der Waals surface area contributed by atoms with Gasteiger partial charge in [0.25, 0.3) is 5.79 Å². The molecule has 4 nitrogen and oxygen atoms in total. The van der Waals surface area contributed by atoms with Gasteiger partial charge in [-0.15, -0.1) is 0 Å². The molecule has 0 radical (unpaired) electrons. The number of ether oxygens (including phenoxy) is 2. The van der Waals surface area contributed by atoms with Crippen LogP contribution in [0.15, 0.2) is 40.4 Å². The summed E-state index contributed by atoms with van der Waals surface area (Å²) in [4.78, 5) is 11.3. The summed E-state index contributed by atoms with van der Waals surface area (Å²) in [5.74, 6) is -1.42. The van der Waals surface area contributed by atoms with Gasteiger partial charge in [-0.25, -0.2) is 0 Å². The molecule has 1 aliphatic heterocycles. The number of carbonyl (C=O) groups is 1. The summed E-state index contributed by atoms with van der Waals surface area (Å²) in [5, 5.41) is 9.71. The number of fused-ring (bicyclic) bond motifs is 1. The van der Waals surface area contributed by atoms with Gasteiger partial charge in [0.05, 0.1) is 9.50 Å². The first kappa shape index (κ1) is 14.5. The lowest BCUT2D eigenvalue weighted by molar-refractivity contribution is -0.147. The van der Waals surface area contributed by atoms with Gasteiger partial charge in [-0.05, 0) is 40.9 Å². The highest BCUT2D eigenvalue weighted by Gasteiger charge is 2.47. The standard InChI is InChI=1S/C15H12BrClO4/c16-13-10(17)6-7-11-14(13)21-15(20-11,8-12(18)19)9-4-2-1-3-5-9/h2,4-7H,1,3,8H2,(H,18,19). The van der Waals surface area contributed by atoms with Crippen LogP contribution in [0.5, 0.6) is 11.5 Å². The first-order valence-electron chi connectivity index (χ1n) is 6.47. The minimum absolute atomic E-state index is 0.290. The Morgan fingerprint density at radius 2 is 2.19 bits per heavy atom. The largest absolute Gasteiger partial charge is 0.481 e. The molecule has 6 heteroatoms. The molecule has 0 spiro atoms. The summed E-state index contributed by atoms with van der Waals surface area (Å²) in [6.45, 7) is 0. The van der Waals surface area contributed by atoms with E-state index < -0.39 is 11.8 Å². The lowest BCUT2D eigenvalue weighted by Crippen LogP contribution is -2.42. The van der Waals surface area contributed by atoms with E-state index in [1.54, 1.807) is 12.1 Å². The molecule has 2 aliphatic rings. The highest BCUT2D eigenvalue weighted by atomic mass is 79.9. The van der Waals surface area contributed by atoms with Crippen LogP contribution in [0.4, 0.5) is 0 Å². The van der Waals surface area contributed by atoms with Gasteiger partial charge in [0, 0.05) is 5.57 Å². The molecule has 0 fully saturated rings. The third-order valence-corrected chi connectivity index (χ3v) is 4.70. The highest BCUT2D eigenvalue weighted by molar-refractivity contribution is 9.10. The SMILES string of the molecule is O=C(O)CC1(C2=CCCC=C2)Oc2ccc(Cl)c(Br)c2O1. The molecule has 1 N–H and O–H groups in total. The Morgan fingerprint density at radius 1 is 1.38 bits per heavy atom. The van der Waals surface area contributed by atoms with E-state index in [-0.39, 0.29) is 6.42 Å². The van der Waals surface area contributed by atoms with Crippen LogP contribution in [0.25, 0.3) is 0 Å². The predicted octanol–water partition coefficient (Wildman–Crippen LogP) is 4.32. The van der Waals surface area contributed by atoms with Crippen molar-refractivity contribution in [3.05, 3.63) is 45.4 Å². The molecule has 110 valence electrons. The quantitative estimate of drug-likeness (QED) is 0.859. The van der Waals surface area contributed by atoms with Crippen molar-refractivity contribution in [2.75, 3.05) is 0 Å². The van der Waals surface area contributed by atoms with Crippen LogP contribution < -0.4 is 9.47 Å². The van der Waals surface area contributed by atoms with E-state index in [2.05, 4.69) is 15.9 Å². The van der Waals surface area contributed by atoms with Gasteiger partial charge in [-0.1, -0.05) is 29.8 Å². The van der Waals surface area contributed by atoms with Gasteiger partial charge >= 0.3 is 5.97 Å². The van der Waals surface area contributed by atoms with Crippen molar-refractivity contribution in [3.63, 3.8) is 0 Å². The minimum Gasteiger partial charge on any atom is -0.481 e. The second kappa shape index (κ2) is 5.39. The molecule has 1 atom stereocenters. The number of carboxylic acid groups (broad SMARTS) is 1. The number of aliphatic carboxylic acids is 1. The fourth-order valence-corrected chi connectivity index (χ4v) is 3.00. The maximum absolute atomic E-state index is 11.3. The minimum atomic E-state index is -1.34. The van der Waals surface area contributed by atoms with Gasteiger partial charge < -0.3 is 14.6 Å². The zero-order chi connectivity index (χ0) is 15.0. The molecule has 1 aromatic carbocycles. The van der Waals surface area contributed by atoms with Crippen molar-refractivity contribution in [1.29, 1.82) is 0 Å². The Morgan fingerprint density at radius 3 is 2.86 bits per heavy atom. The van der Waals surface area contributed by atoms with Gasteiger partial charge in [0.2, 0.25) is 0 Å². The van der Waals surface area contributed by atoms with Crippen molar-refractivity contribution in [2.45, 2.75) is 25.0 Å². The van der Waals surface area contributed by atoms with E-state index in [4.69, 9.17) is 21.1 Å². The van der Waals surface area contributed by atoms with Crippen molar-refractivity contribution in [2.24, 2.45) is 0 Å². The van der Waals surface area contributed by atoms with Crippen LogP contribution in [-0.4, -0.2) is 16.9 Å². The van der Waals surface area contributed by atoms with Gasteiger partial charge in [-0.2, -0.15) is 0 Å². The fourth-order valence-electron chi connectivity index (χ4n) is 2.44. The molecule has 0 saturated carbocycles. The predicted molar refractivity (Wildman–Crippen MR) is 81.8 cm³/mol. The van der Waals surface area contributed by atoms with Gasteiger partial charge in [0.1, 0.15) is 6.42 Å². The Bertz CT molecular complexity index is 668. The van der Waals surface area contributed by atoms with E-state index in [0.717, 1.165) is 18.4 Å². The smallest absolute Gasteiger partial charge is 0.311 e. The third kappa shape index (κ3) is 2.56. The van der Waals surface area contributed by atoms with Crippen molar-refractivity contribution < 1.29 is 19.4 Å². The fraction of sp³-hybridized carbons (Fsp3) is 0.267. The molecule has 3 rings (SSSR count). The normalized spacial score (nSPS) is 23.0. The average Bonchev–Trinajstić information content (AvgIpc) is 2.84. The summed E-state index contributed by atoms with van der Waals surface area (Å²) in [6, 6.07) is 3.36. The molecule has 21 heavy (non-hydrogen) atoms. The van der Waals surface area contributed by atoms with E-state index >= 15 is 0 Å². The monoisotopic (exact) mass is 370 g/mol. The molecule has 1 heterocycles. The molecule has 1 aromatic rings. The second-order valence-electron chi connectivity index (χ2n) is 4.86. The molecular weight excluding hydrogens is 360 g/mol. The first-order valence-corrected chi connectivity index (χ1v) is 7.64. The van der Waals surface area contributed by atoms with Gasteiger partial charge in [0.15, 0.2) is 11.5 Å². The number of halogens is 2. The lowest BCUT2D eigenvalue weighted by atomic mass is 9.96. The van der Waals surface area contributed by atoms with Crippen molar-refractivity contribution in [3.8, 4) is 11.5 Å². The molecule has 0 amide bonds. The summed E-state index contributed by atoms with van der Waals surface area (Å²) in [6.07, 6.45) is 7.25. The number of hydrogen-bond acceptors (Lipinski definition) is 3. The third-order valence-electron chi connectivity index (χ3n) is 3.37. The van der Waals surface area contributed by atoms with Crippen LogP contribution in [0.1, 0.15) is 19.3 Å². The molecule has 0 aromatic heterocycles. The summed E-state index contributed by atoms with van der Waals surface area (Å²) < 4.78 is 12.3. The lowest BCUT2D eigenvalue weighted by Gasteiger charge is -2.28.